The highest BCUT2D eigenvalue weighted by atomic mass is 32.2. The van der Waals surface area contributed by atoms with Crippen molar-refractivity contribution in [1.82, 2.24) is 30.6 Å². The highest BCUT2D eigenvalue weighted by molar-refractivity contribution is 7.97. The molecule has 0 aliphatic heterocycles. The molecular weight excluding hydrogens is 513 g/mol. The van der Waals surface area contributed by atoms with E-state index in [1.165, 1.54) is 0 Å². The molecule has 0 atom stereocenters. The van der Waals surface area contributed by atoms with Crippen molar-refractivity contribution >= 4 is 29.5 Å². The minimum absolute atomic E-state index is 0.125. The monoisotopic (exact) mass is 538 g/mol. The Morgan fingerprint density at radius 3 is 2.27 bits per heavy atom. The summed E-state index contributed by atoms with van der Waals surface area (Å²) in [5.41, 5.74) is 3.24. The number of aliphatic carboxylic acids is 1. The second kappa shape index (κ2) is 14.0. The van der Waals surface area contributed by atoms with Crippen molar-refractivity contribution in [3.63, 3.8) is 0 Å². The Kier molecular flexibility index (Phi) is 11.1. The second-order valence-electron chi connectivity index (χ2n) is 7.27. The first-order valence-electron chi connectivity index (χ1n) is 10.9. The molecule has 1 aromatic carbocycles. The lowest BCUT2D eigenvalue weighted by molar-refractivity contribution is -0.192. The quantitative estimate of drug-likeness (QED) is 0.378. The molecule has 0 aliphatic rings. The third-order valence-corrected chi connectivity index (χ3v) is 5.17. The molecule has 3 aromatic rings. The van der Waals surface area contributed by atoms with E-state index < -0.39 is 12.1 Å². The van der Waals surface area contributed by atoms with Crippen LogP contribution in [0.2, 0.25) is 0 Å². The highest BCUT2D eigenvalue weighted by Crippen LogP contribution is 2.18. The van der Waals surface area contributed by atoms with E-state index in [1.807, 2.05) is 31.4 Å². The fourth-order valence-electron chi connectivity index (χ4n) is 2.90. The average Bonchev–Trinajstić information content (AvgIpc) is 3.28. The Labute approximate surface area is 214 Å². The molecule has 0 aliphatic carbocycles. The Bertz CT molecular complexity index is 1190. The third kappa shape index (κ3) is 8.90. The van der Waals surface area contributed by atoms with Crippen LogP contribution in [0.3, 0.4) is 0 Å². The lowest BCUT2D eigenvalue weighted by Crippen LogP contribution is -2.27. The van der Waals surface area contributed by atoms with E-state index in [-0.39, 0.29) is 11.8 Å². The largest absolute Gasteiger partial charge is 0.490 e. The van der Waals surface area contributed by atoms with Gasteiger partial charge in [-0.1, -0.05) is 11.3 Å². The average molecular weight is 539 g/mol. The van der Waals surface area contributed by atoms with E-state index in [0.29, 0.717) is 42.2 Å². The smallest absolute Gasteiger partial charge is 0.475 e. The van der Waals surface area contributed by atoms with Crippen molar-refractivity contribution in [3.05, 3.63) is 71.3 Å². The Hall–Kier alpha value is -3.94. The summed E-state index contributed by atoms with van der Waals surface area (Å²) in [7, 11) is 0. The minimum Gasteiger partial charge on any atom is -0.475 e. The highest BCUT2D eigenvalue weighted by Gasteiger charge is 2.38. The van der Waals surface area contributed by atoms with E-state index >= 15 is 0 Å². The first kappa shape index (κ1) is 29.3. The van der Waals surface area contributed by atoms with Gasteiger partial charge in [0.05, 0.1) is 11.4 Å². The van der Waals surface area contributed by atoms with E-state index in [1.54, 1.807) is 46.9 Å². The maximum absolute atomic E-state index is 12.7. The SMILES string of the molecule is CCNC(=O)c1ccc(-n2nnc(C(=O)NCCc3ccccn3)c2CSC)cc1.O=C(O)C(F)(F)F. The Balaban J connectivity index is 0.000000604. The number of hydrogen-bond acceptors (Lipinski definition) is 7. The van der Waals surface area contributed by atoms with Gasteiger partial charge in [0.15, 0.2) is 5.69 Å². The van der Waals surface area contributed by atoms with Crippen LogP contribution in [-0.4, -0.2) is 68.4 Å². The standard InChI is InChI=1S/C21H24N6O2S.C2HF3O2/c1-3-22-20(28)15-7-9-17(10-8-15)27-18(14-30-2)19(25-26-27)21(29)24-13-11-16-6-4-5-12-23-16;3-2(4,5)1(6)7/h4-10,12H,3,11,13-14H2,1-2H3,(H,22,28)(H,24,29);(H,6,7). The van der Waals surface area contributed by atoms with Gasteiger partial charge in [0.1, 0.15) is 0 Å². The summed E-state index contributed by atoms with van der Waals surface area (Å²) in [4.78, 5) is 37.8. The number of nitrogens with one attached hydrogen (secondary N) is 2. The van der Waals surface area contributed by atoms with Crippen molar-refractivity contribution in [2.24, 2.45) is 0 Å². The number of hydrogen-bond donors (Lipinski definition) is 3. The molecule has 0 saturated carbocycles. The number of thioether (sulfide) groups is 1. The van der Waals surface area contributed by atoms with Gasteiger partial charge in [0.25, 0.3) is 11.8 Å². The van der Waals surface area contributed by atoms with Gasteiger partial charge in [-0.05, 0) is 49.6 Å². The summed E-state index contributed by atoms with van der Waals surface area (Å²) in [5, 5.41) is 21.1. The van der Waals surface area contributed by atoms with Crippen LogP contribution in [0.1, 0.15) is 39.2 Å². The molecule has 14 heteroatoms. The summed E-state index contributed by atoms with van der Waals surface area (Å²) in [6.45, 7) is 2.91. The van der Waals surface area contributed by atoms with Gasteiger partial charge >= 0.3 is 12.1 Å². The number of benzene rings is 1. The second-order valence-corrected chi connectivity index (χ2v) is 8.13. The molecule has 198 valence electrons. The number of carbonyl (C=O) groups excluding carboxylic acids is 2. The predicted octanol–water partition coefficient (Wildman–Crippen LogP) is 2.88. The zero-order valence-electron chi connectivity index (χ0n) is 20.0. The normalized spacial score (nSPS) is 10.7. The number of nitrogens with zero attached hydrogens (tertiary/aromatic N) is 4. The zero-order chi connectivity index (χ0) is 27.4. The molecule has 2 amide bonds. The van der Waals surface area contributed by atoms with Crippen LogP contribution in [-0.2, 0) is 17.0 Å². The third-order valence-electron chi connectivity index (χ3n) is 4.61. The van der Waals surface area contributed by atoms with Gasteiger partial charge < -0.3 is 15.7 Å². The molecule has 3 rings (SSSR count). The number of pyridine rings is 1. The van der Waals surface area contributed by atoms with Gasteiger partial charge in [0, 0.05) is 42.7 Å². The van der Waals surface area contributed by atoms with Crippen LogP contribution in [0.5, 0.6) is 0 Å². The maximum Gasteiger partial charge on any atom is 0.490 e. The van der Waals surface area contributed by atoms with E-state index in [9.17, 15) is 22.8 Å². The lowest BCUT2D eigenvalue weighted by Gasteiger charge is -2.09. The molecule has 37 heavy (non-hydrogen) atoms. The van der Waals surface area contributed by atoms with Gasteiger partial charge in [-0.15, -0.1) is 5.10 Å². The lowest BCUT2D eigenvalue weighted by atomic mass is 10.2. The van der Waals surface area contributed by atoms with Crippen LogP contribution < -0.4 is 10.6 Å². The number of amides is 2. The molecular formula is C23H25F3N6O4S. The molecule has 10 nitrogen and oxygen atoms in total. The van der Waals surface area contributed by atoms with Crippen molar-refractivity contribution in [2.45, 2.75) is 25.3 Å². The van der Waals surface area contributed by atoms with E-state index in [0.717, 1.165) is 11.4 Å². The number of carboxylic acid groups (broad SMARTS) is 1. The number of alkyl halides is 3. The fourth-order valence-corrected chi connectivity index (χ4v) is 3.43. The van der Waals surface area contributed by atoms with Crippen molar-refractivity contribution in [2.75, 3.05) is 19.3 Å². The summed E-state index contributed by atoms with van der Waals surface area (Å²) in [5.74, 6) is -2.57. The van der Waals surface area contributed by atoms with Crippen LogP contribution in [0, 0.1) is 0 Å². The molecule has 0 unspecified atom stereocenters. The summed E-state index contributed by atoms with van der Waals surface area (Å²) < 4.78 is 33.4. The first-order chi connectivity index (χ1) is 17.6. The summed E-state index contributed by atoms with van der Waals surface area (Å²) in [6, 6.07) is 12.8. The molecule has 0 saturated heterocycles. The molecule has 2 aromatic heterocycles. The number of rotatable bonds is 9. The fraction of sp³-hybridized carbons (Fsp3) is 0.304. The van der Waals surface area contributed by atoms with Crippen LogP contribution in [0.15, 0.2) is 48.7 Å². The van der Waals surface area contributed by atoms with Gasteiger partial charge in [-0.2, -0.15) is 24.9 Å². The molecule has 2 heterocycles. The number of carboxylic acids is 1. The van der Waals surface area contributed by atoms with Crippen LogP contribution >= 0.6 is 11.8 Å². The maximum atomic E-state index is 12.7. The minimum atomic E-state index is -5.08. The molecule has 0 bridgehead atoms. The van der Waals surface area contributed by atoms with Crippen LogP contribution in [0.4, 0.5) is 13.2 Å². The van der Waals surface area contributed by atoms with Crippen molar-refractivity contribution < 1.29 is 32.7 Å². The first-order valence-corrected chi connectivity index (χ1v) is 12.3. The molecule has 0 spiro atoms. The van der Waals surface area contributed by atoms with Crippen molar-refractivity contribution in [1.29, 1.82) is 0 Å². The van der Waals surface area contributed by atoms with Gasteiger partial charge in [-0.25, -0.2) is 9.48 Å². The Morgan fingerprint density at radius 1 is 1.05 bits per heavy atom. The summed E-state index contributed by atoms with van der Waals surface area (Å²) >= 11 is 1.58. The predicted molar refractivity (Wildman–Crippen MR) is 131 cm³/mol. The van der Waals surface area contributed by atoms with Gasteiger partial charge in [0.2, 0.25) is 0 Å². The molecule has 0 radical (unpaired) electrons. The molecule has 0 fully saturated rings. The Morgan fingerprint density at radius 2 is 1.73 bits per heavy atom. The molecule has 3 N–H and O–H groups in total. The van der Waals surface area contributed by atoms with Gasteiger partial charge in [-0.3, -0.25) is 14.6 Å². The number of halogens is 3. The number of aromatic nitrogens is 4. The summed E-state index contributed by atoms with van der Waals surface area (Å²) in [6.07, 6.45) is -0.755. The van der Waals surface area contributed by atoms with Crippen LogP contribution in [0.25, 0.3) is 5.69 Å². The zero-order valence-corrected chi connectivity index (χ0v) is 20.8. The number of carbonyl (C=O) groups is 3. The van der Waals surface area contributed by atoms with Crippen molar-refractivity contribution in [3.8, 4) is 5.69 Å². The van der Waals surface area contributed by atoms with E-state index in [4.69, 9.17) is 9.90 Å². The van der Waals surface area contributed by atoms with E-state index in [2.05, 4.69) is 25.9 Å². The topological polar surface area (TPSA) is 139 Å².